The lowest BCUT2D eigenvalue weighted by atomic mass is 10.0. The van der Waals surface area contributed by atoms with Crippen molar-refractivity contribution in [1.29, 1.82) is 0 Å². The molecule has 516 valence electrons. The summed E-state index contributed by atoms with van der Waals surface area (Å²) in [5.74, 6) is -0.0392. The Morgan fingerprint density at radius 1 is 0.310 bits per heavy atom. The fraction of sp³-hybridized carbons (Fsp3) is 0.926. The van der Waals surface area contributed by atoms with Crippen molar-refractivity contribution in [2.24, 2.45) is 0 Å². The van der Waals surface area contributed by atoms with Crippen molar-refractivity contribution in [2.75, 3.05) is 13.2 Å². The first-order valence-corrected chi connectivity index (χ1v) is 40.1. The molecular weight excluding hydrogens is 1070 g/mol. The van der Waals surface area contributed by atoms with E-state index in [0.29, 0.717) is 19.4 Å². The molecule has 0 aliphatic rings. The SMILES string of the molecule is CCCCCCCCCCCCCCCCCCCCCCCCC/C=C/C(O)C(CO)NC(=O)CCCCCCCCCCCCCCCCCCC/C=C\CCCCCCCCCCCCCCOC(=O)CCCCCCCCCCCCCC. The number of amides is 1. The molecule has 0 spiro atoms. The van der Waals surface area contributed by atoms with Gasteiger partial charge in [-0.1, -0.05) is 411 Å². The maximum atomic E-state index is 12.6. The van der Waals surface area contributed by atoms with E-state index in [9.17, 15) is 19.8 Å². The Morgan fingerprint density at radius 3 is 0.816 bits per heavy atom. The zero-order chi connectivity index (χ0) is 62.8. The second kappa shape index (κ2) is 76.8. The van der Waals surface area contributed by atoms with Crippen molar-refractivity contribution in [3.05, 3.63) is 24.3 Å². The van der Waals surface area contributed by atoms with Gasteiger partial charge in [0.05, 0.1) is 25.4 Å². The van der Waals surface area contributed by atoms with Gasteiger partial charge in [-0.15, -0.1) is 0 Å². The molecule has 0 aliphatic heterocycles. The maximum Gasteiger partial charge on any atom is 0.305 e. The average molecular weight is 1230 g/mol. The van der Waals surface area contributed by atoms with Gasteiger partial charge in [0.25, 0.3) is 0 Å². The van der Waals surface area contributed by atoms with E-state index in [-0.39, 0.29) is 18.5 Å². The van der Waals surface area contributed by atoms with E-state index >= 15 is 0 Å². The van der Waals surface area contributed by atoms with E-state index in [0.717, 1.165) is 38.5 Å². The molecule has 6 heteroatoms. The van der Waals surface area contributed by atoms with Crippen LogP contribution in [0.5, 0.6) is 0 Å². The number of hydrogen-bond acceptors (Lipinski definition) is 5. The highest BCUT2D eigenvalue weighted by Gasteiger charge is 2.18. The number of esters is 1. The molecule has 3 N–H and O–H groups in total. The van der Waals surface area contributed by atoms with Crippen LogP contribution >= 0.6 is 0 Å². The van der Waals surface area contributed by atoms with Crippen molar-refractivity contribution in [3.63, 3.8) is 0 Å². The Morgan fingerprint density at radius 2 is 0.540 bits per heavy atom. The lowest BCUT2D eigenvalue weighted by molar-refractivity contribution is -0.143. The minimum Gasteiger partial charge on any atom is -0.466 e. The predicted molar refractivity (Wildman–Crippen MR) is 384 cm³/mol. The van der Waals surface area contributed by atoms with Gasteiger partial charge in [0.15, 0.2) is 0 Å². The summed E-state index contributed by atoms with van der Waals surface area (Å²) < 4.78 is 5.49. The molecular formula is C81H157NO5. The number of carbonyl (C=O) groups excluding carboxylic acids is 2. The normalized spacial score (nSPS) is 12.6. The number of aliphatic hydroxyl groups is 2. The largest absolute Gasteiger partial charge is 0.466 e. The van der Waals surface area contributed by atoms with Gasteiger partial charge in [0, 0.05) is 12.8 Å². The molecule has 0 rings (SSSR count). The zero-order valence-corrected chi connectivity index (χ0v) is 59.3. The van der Waals surface area contributed by atoms with E-state index < -0.39 is 12.1 Å². The second-order valence-electron chi connectivity index (χ2n) is 27.8. The minimum atomic E-state index is -0.844. The topological polar surface area (TPSA) is 95.9 Å². The summed E-state index contributed by atoms with van der Waals surface area (Å²) in [7, 11) is 0. The first-order valence-electron chi connectivity index (χ1n) is 40.1. The van der Waals surface area contributed by atoms with Crippen molar-refractivity contribution < 1.29 is 24.5 Å². The first-order chi connectivity index (χ1) is 43.0. The third-order valence-corrected chi connectivity index (χ3v) is 19.0. The molecule has 0 fully saturated rings. The highest BCUT2D eigenvalue weighted by molar-refractivity contribution is 5.76. The van der Waals surface area contributed by atoms with E-state index in [1.54, 1.807) is 6.08 Å². The van der Waals surface area contributed by atoms with Crippen molar-refractivity contribution in [2.45, 2.75) is 469 Å². The molecule has 0 saturated heterocycles. The monoisotopic (exact) mass is 1220 g/mol. The summed E-state index contributed by atoms with van der Waals surface area (Å²) in [5, 5.41) is 23.3. The van der Waals surface area contributed by atoms with Crippen molar-refractivity contribution in [3.8, 4) is 0 Å². The Kier molecular flexibility index (Phi) is 75.3. The van der Waals surface area contributed by atoms with E-state index in [2.05, 4.69) is 31.3 Å². The average Bonchev–Trinajstić information content (AvgIpc) is 3.52. The number of ether oxygens (including phenoxy) is 1. The van der Waals surface area contributed by atoms with Crippen LogP contribution < -0.4 is 5.32 Å². The van der Waals surface area contributed by atoms with Crippen LogP contribution in [0.15, 0.2) is 24.3 Å². The molecule has 0 heterocycles. The van der Waals surface area contributed by atoms with Gasteiger partial charge in [0.1, 0.15) is 0 Å². The lowest BCUT2D eigenvalue weighted by Gasteiger charge is -2.20. The van der Waals surface area contributed by atoms with Crippen LogP contribution in [0.2, 0.25) is 0 Å². The Bertz CT molecular complexity index is 1360. The van der Waals surface area contributed by atoms with Gasteiger partial charge in [-0.2, -0.15) is 0 Å². The summed E-state index contributed by atoms with van der Waals surface area (Å²) in [6.45, 7) is 4.96. The summed E-state index contributed by atoms with van der Waals surface area (Å²) in [4.78, 5) is 24.6. The number of aliphatic hydroxyl groups excluding tert-OH is 2. The molecule has 6 nitrogen and oxygen atoms in total. The Balaban J connectivity index is 3.38. The number of hydrogen-bond donors (Lipinski definition) is 3. The van der Waals surface area contributed by atoms with Crippen LogP contribution in [0.4, 0.5) is 0 Å². The number of nitrogens with one attached hydrogen (secondary N) is 1. The van der Waals surface area contributed by atoms with Gasteiger partial charge in [-0.25, -0.2) is 0 Å². The third kappa shape index (κ3) is 73.3. The van der Waals surface area contributed by atoms with Crippen LogP contribution in [0.25, 0.3) is 0 Å². The number of rotatable bonds is 76. The molecule has 1 amide bonds. The summed E-state index contributed by atoms with van der Waals surface area (Å²) >= 11 is 0. The third-order valence-electron chi connectivity index (χ3n) is 19.0. The zero-order valence-electron chi connectivity index (χ0n) is 59.3. The highest BCUT2D eigenvalue weighted by Crippen LogP contribution is 2.20. The molecule has 2 unspecified atom stereocenters. The molecule has 0 aromatic rings. The summed E-state index contributed by atoms with van der Waals surface area (Å²) in [5.41, 5.74) is 0. The minimum absolute atomic E-state index is 0.0201. The lowest BCUT2D eigenvalue weighted by Crippen LogP contribution is -2.45. The quantitative estimate of drug-likeness (QED) is 0.0320. The molecule has 0 saturated carbocycles. The summed E-state index contributed by atoms with van der Waals surface area (Å²) in [6.07, 6.45) is 98.8. The van der Waals surface area contributed by atoms with E-state index in [1.165, 1.54) is 392 Å². The highest BCUT2D eigenvalue weighted by atomic mass is 16.5. The maximum absolute atomic E-state index is 12.6. The van der Waals surface area contributed by atoms with Gasteiger partial charge >= 0.3 is 5.97 Å². The fourth-order valence-electron chi connectivity index (χ4n) is 12.9. The van der Waals surface area contributed by atoms with Crippen LogP contribution in [0, 0.1) is 0 Å². The molecule has 0 aliphatic carbocycles. The number of unbranched alkanes of at least 4 members (excludes halogenated alkanes) is 63. The van der Waals surface area contributed by atoms with Crippen LogP contribution in [0.1, 0.15) is 457 Å². The summed E-state index contributed by atoms with van der Waals surface area (Å²) in [6, 6.07) is -0.627. The van der Waals surface area contributed by atoms with Gasteiger partial charge in [-0.3, -0.25) is 9.59 Å². The predicted octanol–water partition coefficient (Wildman–Crippen LogP) is 26.4. The molecule has 0 bridgehead atoms. The smallest absolute Gasteiger partial charge is 0.305 e. The van der Waals surface area contributed by atoms with Crippen molar-refractivity contribution >= 4 is 11.9 Å². The first kappa shape index (κ1) is 85.3. The molecule has 0 aromatic heterocycles. The Hall–Kier alpha value is -1.66. The van der Waals surface area contributed by atoms with E-state index in [4.69, 9.17) is 4.74 Å². The molecule has 0 radical (unpaired) electrons. The fourth-order valence-corrected chi connectivity index (χ4v) is 12.9. The molecule has 2 atom stereocenters. The second-order valence-corrected chi connectivity index (χ2v) is 27.8. The van der Waals surface area contributed by atoms with Gasteiger partial charge in [-0.05, 0) is 57.8 Å². The standard InChI is InChI=1S/C81H157NO5/c1-3-5-7-9-11-13-15-17-18-19-20-21-22-32-35-38-41-44-47-50-53-57-61-65-69-73-79(84)78(77-83)82-80(85)74-70-66-62-58-54-51-48-45-42-39-36-33-30-28-26-24-23-25-27-29-31-34-37-40-43-46-49-52-56-60-64-68-72-76-87-81(86)75-71-67-63-59-55-16-14-12-10-8-6-4-2/h27,29,69,73,78-79,83-84H,3-26,28,30-68,70-72,74-77H2,1-2H3,(H,82,85)/b29-27-,73-69+. The molecule has 0 aromatic carbocycles. The van der Waals surface area contributed by atoms with Gasteiger partial charge < -0.3 is 20.3 Å². The van der Waals surface area contributed by atoms with Crippen LogP contribution in [-0.2, 0) is 14.3 Å². The number of carbonyl (C=O) groups is 2. The van der Waals surface area contributed by atoms with Crippen molar-refractivity contribution in [1.82, 2.24) is 5.32 Å². The number of allylic oxidation sites excluding steroid dienone is 3. The Labute approximate surface area is 545 Å². The van der Waals surface area contributed by atoms with Crippen LogP contribution in [-0.4, -0.2) is 47.4 Å². The molecule has 87 heavy (non-hydrogen) atoms. The van der Waals surface area contributed by atoms with Gasteiger partial charge in [0.2, 0.25) is 5.91 Å². The van der Waals surface area contributed by atoms with Crippen LogP contribution in [0.3, 0.4) is 0 Å². The van der Waals surface area contributed by atoms with E-state index in [1.807, 2.05) is 6.08 Å².